The van der Waals surface area contributed by atoms with Gasteiger partial charge in [0.15, 0.2) is 5.13 Å². The lowest BCUT2D eigenvalue weighted by Gasteiger charge is -2.07. The average Bonchev–Trinajstić information content (AvgIpc) is 3.03. The van der Waals surface area contributed by atoms with Crippen LogP contribution < -0.4 is 11.0 Å². The fraction of sp³-hybridized carbons (Fsp3) is 0.176. The number of halogens is 3. The number of thiazole rings is 1. The Bertz CT molecular complexity index is 1010. The van der Waals surface area contributed by atoms with Crippen molar-refractivity contribution in [2.45, 2.75) is 19.1 Å². The van der Waals surface area contributed by atoms with Crippen molar-refractivity contribution in [2.24, 2.45) is 0 Å². The lowest BCUT2D eigenvalue weighted by Crippen LogP contribution is -2.28. The number of hydrogen-bond acceptors (Lipinski definition) is 5. The number of nitrogens with zero attached hydrogens (tertiary/aromatic N) is 3. The minimum absolute atomic E-state index is 0.213. The molecule has 6 nitrogen and oxygen atoms in total. The van der Waals surface area contributed by atoms with Gasteiger partial charge < -0.3 is 5.32 Å². The van der Waals surface area contributed by atoms with E-state index in [1.807, 2.05) is 0 Å². The van der Waals surface area contributed by atoms with E-state index >= 15 is 0 Å². The van der Waals surface area contributed by atoms with Crippen LogP contribution in [0.2, 0.25) is 0 Å². The first-order chi connectivity index (χ1) is 12.8. The number of hydrogen-bond donors (Lipinski definition) is 1. The van der Waals surface area contributed by atoms with Crippen molar-refractivity contribution in [3.63, 3.8) is 0 Å². The van der Waals surface area contributed by atoms with Crippen LogP contribution in [0.1, 0.15) is 16.0 Å². The maximum Gasteiger partial charge on any atom is 0.416 e. The van der Waals surface area contributed by atoms with Crippen LogP contribution in [0.5, 0.6) is 0 Å². The number of nitrogens with one attached hydrogen (secondary N) is 1. The zero-order valence-electron chi connectivity index (χ0n) is 13.7. The van der Waals surface area contributed by atoms with Crippen molar-refractivity contribution in [2.75, 3.05) is 5.32 Å². The Morgan fingerprint density at radius 3 is 2.78 bits per heavy atom. The van der Waals surface area contributed by atoms with Gasteiger partial charge in [-0.15, -0.1) is 11.3 Å². The highest BCUT2D eigenvalue weighted by atomic mass is 32.1. The number of carbonyl (C=O) groups excluding carboxylic acids is 1. The van der Waals surface area contributed by atoms with Crippen molar-refractivity contribution < 1.29 is 18.0 Å². The SMILES string of the molecule is O=C(Cn1cccnc1=O)Nc1ncc(Cc2cccc(C(F)(F)F)c2)s1. The quantitative estimate of drug-likeness (QED) is 0.722. The van der Waals surface area contributed by atoms with Crippen LogP contribution in [0.3, 0.4) is 0 Å². The van der Waals surface area contributed by atoms with E-state index in [9.17, 15) is 22.8 Å². The zero-order chi connectivity index (χ0) is 19.4. The molecule has 140 valence electrons. The predicted molar refractivity (Wildman–Crippen MR) is 93.5 cm³/mol. The third-order valence-electron chi connectivity index (χ3n) is 3.53. The predicted octanol–water partition coefficient (Wildman–Crippen LogP) is 2.95. The summed E-state index contributed by atoms with van der Waals surface area (Å²) < 4.78 is 39.5. The van der Waals surface area contributed by atoms with Crippen molar-refractivity contribution in [3.8, 4) is 0 Å². The van der Waals surface area contributed by atoms with Crippen molar-refractivity contribution in [1.29, 1.82) is 0 Å². The van der Waals surface area contributed by atoms with Crippen LogP contribution >= 0.6 is 11.3 Å². The smallest absolute Gasteiger partial charge is 0.300 e. The molecule has 2 aromatic heterocycles. The Morgan fingerprint density at radius 1 is 1.22 bits per heavy atom. The summed E-state index contributed by atoms with van der Waals surface area (Å²) in [5, 5.41) is 2.86. The highest BCUT2D eigenvalue weighted by molar-refractivity contribution is 7.15. The Balaban J connectivity index is 1.64. The lowest BCUT2D eigenvalue weighted by molar-refractivity contribution is -0.137. The minimum atomic E-state index is -4.40. The first-order valence-corrected chi connectivity index (χ1v) is 8.55. The molecule has 0 radical (unpaired) electrons. The standard InChI is InChI=1S/C17H13F3N4O2S/c18-17(19,20)12-4-1-3-11(7-12)8-13-9-22-15(27-13)23-14(25)10-24-6-2-5-21-16(24)26/h1-7,9H,8,10H2,(H,22,23,25). The maximum atomic E-state index is 12.8. The molecule has 0 bridgehead atoms. The maximum absolute atomic E-state index is 12.8. The summed E-state index contributed by atoms with van der Waals surface area (Å²) in [4.78, 5) is 31.8. The third kappa shape index (κ3) is 5.00. The molecule has 3 aromatic rings. The summed E-state index contributed by atoms with van der Waals surface area (Å²) in [7, 11) is 0. The summed E-state index contributed by atoms with van der Waals surface area (Å²) in [6.07, 6.45) is 0.136. The van der Waals surface area contributed by atoms with Crippen LogP contribution in [-0.2, 0) is 23.9 Å². The van der Waals surface area contributed by atoms with Gasteiger partial charge in [0.2, 0.25) is 5.91 Å². The highest BCUT2D eigenvalue weighted by Crippen LogP contribution is 2.30. The average molecular weight is 394 g/mol. The third-order valence-corrected chi connectivity index (χ3v) is 4.44. The Kier molecular flexibility index (Phi) is 5.36. The molecule has 0 saturated carbocycles. The second-order valence-corrected chi connectivity index (χ2v) is 6.70. The Labute approximate surface area is 155 Å². The van der Waals surface area contributed by atoms with E-state index in [2.05, 4.69) is 15.3 Å². The number of rotatable bonds is 5. The van der Waals surface area contributed by atoms with E-state index in [0.29, 0.717) is 15.6 Å². The van der Waals surface area contributed by atoms with Crippen molar-refractivity contribution in [1.82, 2.24) is 14.5 Å². The summed E-state index contributed by atoms with van der Waals surface area (Å²) in [6.45, 7) is -0.213. The van der Waals surface area contributed by atoms with Crippen LogP contribution in [0.25, 0.3) is 0 Å². The molecule has 0 aliphatic carbocycles. The topological polar surface area (TPSA) is 76.9 Å². The van der Waals surface area contributed by atoms with Gasteiger partial charge in [-0.25, -0.2) is 14.8 Å². The summed E-state index contributed by atoms with van der Waals surface area (Å²) >= 11 is 1.16. The van der Waals surface area contributed by atoms with Crippen LogP contribution in [0.4, 0.5) is 18.3 Å². The van der Waals surface area contributed by atoms with Gasteiger partial charge in [0.1, 0.15) is 6.54 Å². The molecular weight excluding hydrogens is 381 g/mol. The molecule has 2 heterocycles. The van der Waals surface area contributed by atoms with Crippen LogP contribution in [-0.4, -0.2) is 20.4 Å². The molecule has 0 atom stereocenters. The molecule has 0 aliphatic rings. The number of benzene rings is 1. The van der Waals surface area contributed by atoms with Crippen molar-refractivity contribution in [3.05, 3.63) is 75.4 Å². The van der Waals surface area contributed by atoms with E-state index in [0.717, 1.165) is 28.0 Å². The molecule has 0 aliphatic heterocycles. The minimum Gasteiger partial charge on any atom is -0.300 e. The fourth-order valence-electron chi connectivity index (χ4n) is 2.33. The zero-order valence-corrected chi connectivity index (χ0v) is 14.5. The monoisotopic (exact) mass is 394 g/mol. The molecule has 0 fully saturated rings. The number of amides is 1. The molecule has 27 heavy (non-hydrogen) atoms. The van der Waals surface area contributed by atoms with Gasteiger partial charge in [-0.2, -0.15) is 13.2 Å². The molecule has 10 heteroatoms. The molecule has 0 saturated heterocycles. The number of anilines is 1. The van der Waals surface area contributed by atoms with Gasteiger partial charge in [0, 0.05) is 29.9 Å². The normalized spacial score (nSPS) is 11.4. The van der Waals surface area contributed by atoms with E-state index < -0.39 is 23.3 Å². The van der Waals surface area contributed by atoms with Gasteiger partial charge >= 0.3 is 11.9 Å². The van der Waals surface area contributed by atoms with Crippen LogP contribution in [0, 0.1) is 0 Å². The van der Waals surface area contributed by atoms with E-state index in [1.165, 1.54) is 30.7 Å². The Hall–Kier alpha value is -3.01. The molecule has 1 aromatic carbocycles. The summed E-state index contributed by atoms with van der Waals surface area (Å²) in [5.74, 6) is -0.454. The largest absolute Gasteiger partial charge is 0.416 e. The Morgan fingerprint density at radius 2 is 2.04 bits per heavy atom. The molecular formula is C17H13F3N4O2S. The first kappa shape index (κ1) is 18.8. The van der Waals surface area contributed by atoms with Crippen molar-refractivity contribution >= 4 is 22.4 Å². The first-order valence-electron chi connectivity index (χ1n) is 7.73. The molecule has 1 N–H and O–H groups in total. The van der Waals surface area contributed by atoms with Gasteiger partial charge in [-0.3, -0.25) is 9.36 Å². The molecule has 0 unspecified atom stereocenters. The van der Waals surface area contributed by atoms with Crippen LogP contribution in [0.15, 0.2) is 53.7 Å². The molecule has 1 amide bonds. The highest BCUT2D eigenvalue weighted by Gasteiger charge is 2.30. The summed E-state index contributed by atoms with van der Waals surface area (Å²) in [5.41, 5.74) is -0.759. The number of aromatic nitrogens is 3. The van der Waals surface area contributed by atoms with E-state index in [1.54, 1.807) is 6.07 Å². The second kappa shape index (κ2) is 7.70. The van der Waals surface area contributed by atoms with E-state index in [4.69, 9.17) is 0 Å². The fourth-order valence-corrected chi connectivity index (χ4v) is 3.19. The van der Waals surface area contributed by atoms with Gasteiger partial charge in [-0.1, -0.05) is 18.2 Å². The van der Waals surface area contributed by atoms with E-state index in [-0.39, 0.29) is 13.0 Å². The molecule has 3 rings (SSSR count). The summed E-state index contributed by atoms with van der Waals surface area (Å²) in [6, 6.07) is 6.59. The number of carbonyl (C=O) groups is 1. The van der Waals surface area contributed by atoms with Gasteiger partial charge in [0.25, 0.3) is 0 Å². The molecule has 0 spiro atoms. The number of alkyl halides is 3. The van der Waals surface area contributed by atoms with Gasteiger partial charge in [-0.05, 0) is 17.7 Å². The lowest BCUT2D eigenvalue weighted by atomic mass is 10.1. The van der Waals surface area contributed by atoms with Gasteiger partial charge in [0.05, 0.1) is 5.56 Å². The second-order valence-electron chi connectivity index (χ2n) is 5.58.